The summed E-state index contributed by atoms with van der Waals surface area (Å²) in [6.45, 7) is 0. The van der Waals surface area contributed by atoms with Crippen LogP contribution in [0.15, 0.2) is 18.2 Å². The van der Waals surface area contributed by atoms with Gasteiger partial charge in [0.2, 0.25) is 0 Å². The molecule has 126 valence electrons. The van der Waals surface area contributed by atoms with Crippen molar-refractivity contribution in [1.82, 2.24) is 4.90 Å². The number of ether oxygens (including phenoxy) is 1. The summed E-state index contributed by atoms with van der Waals surface area (Å²) >= 11 is 1.97. The zero-order valence-electron chi connectivity index (χ0n) is 12.6. The minimum atomic E-state index is -4.38. The van der Waals surface area contributed by atoms with Gasteiger partial charge in [-0.1, -0.05) is 0 Å². The number of benzene rings is 1. The number of carbonyl (C=O) groups is 1. The summed E-state index contributed by atoms with van der Waals surface area (Å²) in [6, 6.07) is 2.87. The average molecular weight is 439 g/mol. The fourth-order valence-electron chi connectivity index (χ4n) is 3.80. The van der Waals surface area contributed by atoms with Gasteiger partial charge in [0.1, 0.15) is 11.8 Å². The Morgan fingerprint density at radius 2 is 1.91 bits per heavy atom. The Kier molecular flexibility index (Phi) is 4.50. The second-order valence-corrected chi connectivity index (χ2v) is 7.28. The van der Waals surface area contributed by atoms with Crippen LogP contribution in [0.2, 0.25) is 0 Å². The number of hydrogen-bond donors (Lipinski definition) is 0. The molecule has 2 saturated heterocycles. The molecule has 0 spiro atoms. The highest BCUT2D eigenvalue weighted by Gasteiger charge is 2.56. The molecule has 1 aromatic carbocycles. The summed E-state index contributed by atoms with van der Waals surface area (Å²) in [5, 5.41) is 0. The van der Waals surface area contributed by atoms with Crippen molar-refractivity contribution < 1.29 is 22.7 Å². The van der Waals surface area contributed by atoms with Crippen LogP contribution in [0.25, 0.3) is 0 Å². The first kappa shape index (κ1) is 16.9. The molecular formula is C16H17F3INO2. The van der Waals surface area contributed by atoms with Crippen LogP contribution in [0.4, 0.5) is 13.2 Å². The monoisotopic (exact) mass is 439 g/mol. The Morgan fingerprint density at radius 1 is 1.26 bits per heavy atom. The van der Waals surface area contributed by atoms with Crippen LogP contribution in [-0.2, 0) is 0 Å². The lowest BCUT2D eigenvalue weighted by Crippen LogP contribution is -2.62. The Bertz CT molecular complexity index is 612. The van der Waals surface area contributed by atoms with Crippen molar-refractivity contribution in [1.29, 1.82) is 0 Å². The van der Waals surface area contributed by atoms with E-state index in [9.17, 15) is 18.0 Å². The van der Waals surface area contributed by atoms with Gasteiger partial charge in [0.15, 0.2) is 0 Å². The molecule has 1 aliphatic carbocycles. The third-order valence-electron chi connectivity index (χ3n) is 4.86. The second-order valence-electron chi connectivity index (χ2n) is 6.11. The molecule has 0 radical (unpaired) electrons. The highest BCUT2D eigenvalue weighted by Crippen LogP contribution is 2.46. The number of hydrogen-bond acceptors (Lipinski definition) is 2. The smallest absolute Gasteiger partial charge is 0.409 e. The number of methoxy groups -OCH3 is 1. The first-order valence-electron chi connectivity index (χ1n) is 7.56. The summed E-state index contributed by atoms with van der Waals surface area (Å²) < 4.78 is 46.3. The number of amides is 1. The summed E-state index contributed by atoms with van der Waals surface area (Å²) in [5.74, 6) is -0.410. The van der Waals surface area contributed by atoms with E-state index in [2.05, 4.69) is 0 Å². The van der Waals surface area contributed by atoms with Gasteiger partial charge in [-0.05, 0) is 72.4 Å². The minimum absolute atomic E-state index is 0.308. The van der Waals surface area contributed by atoms with E-state index < -0.39 is 24.0 Å². The van der Waals surface area contributed by atoms with Crippen LogP contribution < -0.4 is 4.74 Å². The zero-order chi connectivity index (χ0) is 16.8. The number of alkyl halides is 3. The van der Waals surface area contributed by atoms with E-state index in [0.29, 0.717) is 40.6 Å². The van der Waals surface area contributed by atoms with Crippen molar-refractivity contribution >= 4 is 28.5 Å². The van der Waals surface area contributed by atoms with Crippen molar-refractivity contribution in [3.63, 3.8) is 0 Å². The van der Waals surface area contributed by atoms with Crippen molar-refractivity contribution in [2.45, 2.75) is 43.9 Å². The Balaban J connectivity index is 1.96. The lowest BCUT2D eigenvalue weighted by Gasteiger charge is -2.51. The van der Waals surface area contributed by atoms with Gasteiger partial charge in [-0.15, -0.1) is 0 Å². The number of halogens is 4. The normalized spacial score (nSPS) is 27.2. The maximum atomic E-state index is 13.5. The quantitative estimate of drug-likeness (QED) is 0.646. The lowest BCUT2D eigenvalue weighted by molar-refractivity contribution is -0.214. The number of rotatable bonds is 2. The Hall–Kier alpha value is -0.990. The average Bonchev–Trinajstić information content (AvgIpc) is 2.53. The van der Waals surface area contributed by atoms with Crippen LogP contribution in [0.5, 0.6) is 5.75 Å². The predicted octanol–water partition coefficient (Wildman–Crippen LogP) is 4.25. The zero-order valence-corrected chi connectivity index (χ0v) is 14.7. The molecule has 3 aliphatic rings. The molecule has 1 amide bonds. The van der Waals surface area contributed by atoms with E-state index in [4.69, 9.17) is 4.74 Å². The molecule has 3 nitrogen and oxygen atoms in total. The van der Waals surface area contributed by atoms with E-state index in [1.165, 1.54) is 7.11 Å². The molecule has 1 aromatic rings. The van der Waals surface area contributed by atoms with E-state index in [-0.39, 0.29) is 6.04 Å². The lowest BCUT2D eigenvalue weighted by atomic mass is 9.74. The van der Waals surface area contributed by atoms with Crippen molar-refractivity contribution in [2.24, 2.45) is 5.92 Å². The summed E-state index contributed by atoms with van der Waals surface area (Å²) in [4.78, 5) is 13.9. The fourth-order valence-corrected chi connectivity index (χ4v) is 4.52. The number of piperidine rings is 2. The SMILES string of the molecule is COc1ccc(C(=O)N2C3CCC(CC3)C2C(F)(F)F)c(I)c1. The Morgan fingerprint density at radius 3 is 2.43 bits per heavy atom. The molecule has 2 aliphatic heterocycles. The fraction of sp³-hybridized carbons (Fsp3) is 0.562. The molecule has 3 fully saturated rings. The molecule has 1 atom stereocenters. The van der Waals surface area contributed by atoms with Gasteiger partial charge in [0.25, 0.3) is 5.91 Å². The predicted molar refractivity (Wildman–Crippen MR) is 87.5 cm³/mol. The molecule has 4 rings (SSSR count). The van der Waals surface area contributed by atoms with E-state index in [0.717, 1.165) is 4.90 Å². The summed E-state index contributed by atoms with van der Waals surface area (Å²) in [7, 11) is 1.51. The van der Waals surface area contributed by atoms with Crippen LogP contribution in [0, 0.1) is 9.49 Å². The molecule has 1 saturated carbocycles. The van der Waals surface area contributed by atoms with Gasteiger partial charge in [-0.2, -0.15) is 13.2 Å². The highest BCUT2D eigenvalue weighted by molar-refractivity contribution is 14.1. The van der Waals surface area contributed by atoms with Gasteiger partial charge in [0, 0.05) is 9.61 Å². The standard InChI is InChI=1S/C16H17F3INO2/c1-23-11-6-7-12(13(20)8-11)15(22)21-10-4-2-9(3-5-10)14(21)16(17,18)19/h6-10,14H,2-5H2,1H3. The third-order valence-corrected chi connectivity index (χ3v) is 5.75. The van der Waals surface area contributed by atoms with Gasteiger partial charge < -0.3 is 9.64 Å². The molecule has 2 bridgehead atoms. The number of carbonyl (C=O) groups excluding carboxylic acids is 1. The van der Waals surface area contributed by atoms with Crippen LogP contribution in [-0.4, -0.2) is 36.2 Å². The third kappa shape index (κ3) is 3.04. The molecule has 2 heterocycles. The highest BCUT2D eigenvalue weighted by atomic mass is 127. The van der Waals surface area contributed by atoms with E-state index >= 15 is 0 Å². The van der Waals surface area contributed by atoms with Crippen molar-refractivity contribution in [3.05, 3.63) is 27.3 Å². The summed E-state index contributed by atoms with van der Waals surface area (Å²) in [5.41, 5.74) is 0.313. The molecule has 0 N–H and O–H groups in total. The van der Waals surface area contributed by atoms with Crippen LogP contribution in [0.3, 0.4) is 0 Å². The minimum Gasteiger partial charge on any atom is -0.497 e. The summed E-state index contributed by atoms with van der Waals surface area (Å²) in [6.07, 6.45) is -1.95. The maximum absolute atomic E-state index is 13.5. The van der Waals surface area contributed by atoms with Gasteiger partial charge >= 0.3 is 6.18 Å². The number of nitrogens with zero attached hydrogens (tertiary/aromatic N) is 1. The van der Waals surface area contributed by atoms with Gasteiger partial charge in [0.05, 0.1) is 12.7 Å². The first-order chi connectivity index (χ1) is 10.8. The Labute approximate surface area is 146 Å². The van der Waals surface area contributed by atoms with Crippen LogP contribution >= 0.6 is 22.6 Å². The van der Waals surface area contributed by atoms with E-state index in [1.54, 1.807) is 18.2 Å². The van der Waals surface area contributed by atoms with Gasteiger partial charge in [-0.25, -0.2) is 0 Å². The maximum Gasteiger partial charge on any atom is 0.409 e. The molecule has 0 aromatic heterocycles. The number of fused-ring (bicyclic) bond motifs is 3. The van der Waals surface area contributed by atoms with Gasteiger partial charge in [-0.3, -0.25) is 4.79 Å². The molecule has 1 unspecified atom stereocenters. The molecule has 7 heteroatoms. The molecule has 23 heavy (non-hydrogen) atoms. The topological polar surface area (TPSA) is 29.5 Å². The van der Waals surface area contributed by atoms with Crippen molar-refractivity contribution in [3.8, 4) is 5.75 Å². The second kappa shape index (κ2) is 6.14. The van der Waals surface area contributed by atoms with Crippen LogP contribution in [0.1, 0.15) is 36.0 Å². The first-order valence-corrected chi connectivity index (χ1v) is 8.63. The largest absolute Gasteiger partial charge is 0.497 e. The van der Waals surface area contributed by atoms with E-state index in [1.807, 2.05) is 22.6 Å². The molecular weight excluding hydrogens is 422 g/mol. The van der Waals surface area contributed by atoms with Crippen molar-refractivity contribution in [2.75, 3.05) is 7.11 Å².